The molecular weight excluding hydrogens is 574 g/mol. The summed E-state index contributed by atoms with van der Waals surface area (Å²) in [5.41, 5.74) is 0.476. The van der Waals surface area contributed by atoms with Gasteiger partial charge >= 0.3 is 11.9 Å². The fourth-order valence-electron chi connectivity index (χ4n) is 6.83. The highest BCUT2D eigenvalue weighted by atomic mass is 35.5. The summed E-state index contributed by atoms with van der Waals surface area (Å²) in [6.07, 6.45) is 1.45. The van der Waals surface area contributed by atoms with Crippen LogP contribution in [0.1, 0.15) is 33.7 Å². The third-order valence-corrected chi connectivity index (χ3v) is 9.13. The molecule has 3 aliphatic rings. The third kappa shape index (κ3) is 4.03. The van der Waals surface area contributed by atoms with Crippen molar-refractivity contribution in [2.75, 3.05) is 13.2 Å². The van der Waals surface area contributed by atoms with Gasteiger partial charge in [0, 0.05) is 17.8 Å². The van der Waals surface area contributed by atoms with Crippen LogP contribution in [0, 0.1) is 23.7 Å². The van der Waals surface area contributed by atoms with Crippen LogP contribution in [0.4, 0.5) is 4.39 Å². The van der Waals surface area contributed by atoms with E-state index in [4.69, 9.17) is 37.4 Å². The number of benzene rings is 2. The van der Waals surface area contributed by atoms with Crippen LogP contribution in [-0.2, 0) is 14.2 Å². The summed E-state index contributed by atoms with van der Waals surface area (Å²) in [6, 6.07) is 16.5. The summed E-state index contributed by atoms with van der Waals surface area (Å²) < 4.78 is 35.6. The Hall–Kier alpha value is -3.60. The number of imidazole rings is 1. The van der Waals surface area contributed by atoms with Crippen LogP contribution in [0.2, 0.25) is 10.4 Å². The van der Waals surface area contributed by atoms with Crippen LogP contribution in [0.3, 0.4) is 0 Å². The van der Waals surface area contributed by atoms with E-state index in [0.29, 0.717) is 22.3 Å². The zero-order valence-corrected chi connectivity index (χ0v) is 23.1. The predicted molar refractivity (Wildman–Crippen MR) is 145 cm³/mol. The van der Waals surface area contributed by atoms with E-state index in [1.165, 1.54) is 6.33 Å². The molecule has 2 aromatic heterocycles. The van der Waals surface area contributed by atoms with Crippen LogP contribution in [-0.4, -0.2) is 56.1 Å². The van der Waals surface area contributed by atoms with Crippen molar-refractivity contribution in [3.05, 3.63) is 88.6 Å². The molecule has 2 saturated carbocycles. The standard InChI is InChI=1S/C29H23Cl2FN4O5/c1-28-18(13-40-26(38)16-10-6-3-7-11-16)17(12-39-25(37)15-8-4-2-5-9-15)19(28)20-22(29(20,32)41-28)36-14-33-21-23(30)34-27(31)35-24(21)36/h2-11,14,17-20,22H,12-13H2,1H3/t17?,18?,19?,20?,22-,28?,29?/m0/s1. The number of carbonyl (C=O) groups is 2. The van der Waals surface area contributed by atoms with E-state index in [0.717, 1.165) is 0 Å². The molecule has 41 heavy (non-hydrogen) atoms. The Kier molecular flexibility index (Phi) is 6.08. The molecule has 0 radical (unpaired) electrons. The summed E-state index contributed by atoms with van der Waals surface area (Å²) in [6.45, 7) is 1.81. The monoisotopic (exact) mass is 596 g/mol. The molecule has 1 aliphatic heterocycles. The number of rotatable bonds is 7. The van der Waals surface area contributed by atoms with Crippen LogP contribution in [0.15, 0.2) is 67.0 Å². The van der Waals surface area contributed by atoms with Gasteiger partial charge in [0.15, 0.2) is 10.8 Å². The molecule has 12 heteroatoms. The van der Waals surface area contributed by atoms with E-state index in [9.17, 15) is 9.59 Å². The lowest BCUT2D eigenvalue weighted by Gasteiger charge is -2.56. The lowest BCUT2D eigenvalue weighted by atomic mass is 9.53. The van der Waals surface area contributed by atoms with Crippen molar-refractivity contribution in [1.82, 2.24) is 19.5 Å². The van der Waals surface area contributed by atoms with Crippen LogP contribution in [0.5, 0.6) is 0 Å². The Morgan fingerprint density at radius 3 is 2.20 bits per heavy atom. The number of carbonyl (C=O) groups excluding carboxylic acids is 2. The van der Waals surface area contributed by atoms with Gasteiger partial charge < -0.3 is 18.8 Å². The molecule has 7 atom stereocenters. The first-order valence-corrected chi connectivity index (χ1v) is 13.9. The smallest absolute Gasteiger partial charge is 0.338 e. The topological polar surface area (TPSA) is 105 Å². The van der Waals surface area contributed by atoms with Crippen molar-refractivity contribution in [3.8, 4) is 0 Å². The van der Waals surface area contributed by atoms with Gasteiger partial charge in [-0.25, -0.2) is 23.9 Å². The maximum atomic E-state index is 16.5. The fraction of sp³-hybridized carbons (Fsp3) is 0.345. The maximum Gasteiger partial charge on any atom is 0.338 e. The largest absolute Gasteiger partial charge is 0.462 e. The summed E-state index contributed by atoms with van der Waals surface area (Å²) in [4.78, 5) is 37.9. The van der Waals surface area contributed by atoms with Crippen molar-refractivity contribution in [2.45, 2.75) is 24.4 Å². The number of hydrogen-bond acceptors (Lipinski definition) is 8. The summed E-state index contributed by atoms with van der Waals surface area (Å²) in [5, 5.41) is -0.0127. The minimum atomic E-state index is -2.03. The Labute approximate surface area is 243 Å². The second-order valence-corrected chi connectivity index (χ2v) is 11.5. The number of alkyl halides is 1. The van der Waals surface area contributed by atoms with Gasteiger partial charge in [0.2, 0.25) is 11.1 Å². The molecule has 7 rings (SSSR count). The fourth-order valence-corrected chi connectivity index (χ4v) is 7.25. The molecule has 6 unspecified atom stereocenters. The molecule has 210 valence electrons. The number of ether oxygens (including phenoxy) is 3. The molecule has 1 saturated heterocycles. The lowest BCUT2D eigenvalue weighted by molar-refractivity contribution is -0.249. The maximum absolute atomic E-state index is 16.5. The normalized spacial score (nSPS) is 31.2. The van der Waals surface area contributed by atoms with Gasteiger partial charge in [0.25, 0.3) is 0 Å². The van der Waals surface area contributed by atoms with Gasteiger partial charge in [0.1, 0.15) is 11.6 Å². The summed E-state index contributed by atoms with van der Waals surface area (Å²) >= 11 is 12.2. The van der Waals surface area contributed by atoms with E-state index in [1.54, 1.807) is 65.2 Å². The average molecular weight is 597 g/mol. The second kappa shape index (κ2) is 9.47. The van der Waals surface area contributed by atoms with Crippen LogP contribution >= 0.6 is 23.2 Å². The van der Waals surface area contributed by atoms with Gasteiger partial charge in [-0.15, -0.1) is 0 Å². The Balaban J connectivity index is 1.16. The first-order valence-electron chi connectivity index (χ1n) is 13.1. The minimum absolute atomic E-state index is 0.00863. The Bertz CT molecular complexity index is 1670. The second-order valence-electron chi connectivity index (χ2n) is 10.8. The van der Waals surface area contributed by atoms with Gasteiger partial charge in [0.05, 0.1) is 42.2 Å². The third-order valence-electron chi connectivity index (χ3n) is 8.70. The minimum Gasteiger partial charge on any atom is -0.462 e. The first kappa shape index (κ1) is 26.3. The number of esters is 2. The molecule has 3 heterocycles. The number of halogens is 3. The molecular formula is C29H23Cl2FN4O5. The van der Waals surface area contributed by atoms with E-state index < -0.39 is 41.3 Å². The Morgan fingerprint density at radius 1 is 0.951 bits per heavy atom. The van der Waals surface area contributed by atoms with Crippen LogP contribution < -0.4 is 0 Å². The highest BCUT2D eigenvalue weighted by molar-refractivity contribution is 6.35. The van der Waals surface area contributed by atoms with E-state index in [2.05, 4.69) is 15.0 Å². The zero-order chi connectivity index (χ0) is 28.5. The summed E-state index contributed by atoms with van der Waals surface area (Å²) in [5.74, 6) is -4.68. The van der Waals surface area contributed by atoms with E-state index in [-0.39, 0.29) is 35.5 Å². The van der Waals surface area contributed by atoms with Crippen LogP contribution in [0.25, 0.3) is 11.2 Å². The van der Waals surface area contributed by atoms with Crippen molar-refractivity contribution in [3.63, 3.8) is 0 Å². The average Bonchev–Trinajstić information content (AvgIpc) is 3.22. The van der Waals surface area contributed by atoms with Gasteiger partial charge in [-0.2, -0.15) is 4.98 Å². The molecule has 0 spiro atoms. The lowest BCUT2D eigenvalue weighted by Crippen LogP contribution is -2.64. The molecule has 0 bridgehead atoms. The quantitative estimate of drug-likeness (QED) is 0.160. The molecule has 0 amide bonds. The molecule has 2 aliphatic carbocycles. The van der Waals surface area contributed by atoms with Crippen molar-refractivity contribution < 1.29 is 28.2 Å². The highest BCUT2D eigenvalue weighted by Crippen LogP contribution is 2.78. The number of aromatic nitrogens is 4. The van der Waals surface area contributed by atoms with Gasteiger partial charge in [-0.05, 0) is 42.8 Å². The molecule has 2 aromatic carbocycles. The number of hydrogen-bond donors (Lipinski definition) is 0. The molecule has 3 fully saturated rings. The van der Waals surface area contributed by atoms with Gasteiger partial charge in [-0.3, -0.25) is 0 Å². The zero-order valence-electron chi connectivity index (χ0n) is 21.6. The first-order chi connectivity index (χ1) is 19.7. The SMILES string of the molecule is CC12OC3(F)C(C1C(COC(=O)c1ccccc1)C2COC(=O)c1ccccc1)[C@@H]3n1cnc2c(Cl)nc(Cl)nc21. The molecule has 9 nitrogen and oxygen atoms in total. The van der Waals surface area contributed by atoms with Crippen molar-refractivity contribution in [2.24, 2.45) is 23.7 Å². The van der Waals surface area contributed by atoms with Crippen molar-refractivity contribution >= 4 is 46.3 Å². The number of nitrogens with zero attached hydrogens (tertiary/aromatic N) is 4. The van der Waals surface area contributed by atoms with E-state index >= 15 is 4.39 Å². The summed E-state index contributed by atoms with van der Waals surface area (Å²) in [7, 11) is 0. The van der Waals surface area contributed by atoms with Gasteiger partial charge in [-0.1, -0.05) is 48.0 Å². The highest BCUT2D eigenvalue weighted by Gasteiger charge is 2.87. The predicted octanol–water partition coefficient (Wildman–Crippen LogP) is 5.33. The number of fused-ring (bicyclic) bond motifs is 4. The van der Waals surface area contributed by atoms with E-state index in [1.807, 2.05) is 6.92 Å². The molecule has 4 aromatic rings. The van der Waals surface area contributed by atoms with Crippen molar-refractivity contribution in [1.29, 1.82) is 0 Å². The molecule has 0 N–H and O–H groups in total. The Morgan fingerprint density at radius 2 is 1.56 bits per heavy atom.